The Kier molecular flexibility index (Phi) is 3.61. The van der Waals surface area contributed by atoms with Crippen molar-refractivity contribution in [2.24, 2.45) is 0 Å². The summed E-state index contributed by atoms with van der Waals surface area (Å²) in [5.41, 5.74) is 10.5. The van der Waals surface area contributed by atoms with Crippen LogP contribution in [0.1, 0.15) is 18.1 Å². The first-order valence-electron chi connectivity index (χ1n) is 5.83. The lowest BCUT2D eigenvalue weighted by molar-refractivity contribution is 1.27. The van der Waals surface area contributed by atoms with E-state index in [4.69, 9.17) is 5.73 Å². The summed E-state index contributed by atoms with van der Waals surface area (Å²) in [7, 11) is 0. The van der Waals surface area contributed by atoms with Gasteiger partial charge in [-0.3, -0.25) is 0 Å². The minimum Gasteiger partial charge on any atom is -0.398 e. The molecule has 2 rings (SSSR count). The standard InChI is InChI=1S/C16H17N/c1-13(15-9-5-6-10-16(15)17)11-12-14-7-3-2-4-8-14/h2-11H,12,17H2,1H3/b13-11-. The zero-order valence-corrected chi connectivity index (χ0v) is 10.1. The number of anilines is 1. The predicted molar refractivity (Wildman–Crippen MR) is 74.7 cm³/mol. The molecular weight excluding hydrogens is 206 g/mol. The van der Waals surface area contributed by atoms with Crippen LogP contribution in [0.3, 0.4) is 0 Å². The maximum atomic E-state index is 5.95. The maximum absolute atomic E-state index is 5.95. The number of allylic oxidation sites excluding steroid dienone is 2. The van der Waals surface area contributed by atoms with E-state index < -0.39 is 0 Å². The van der Waals surface area contributed by atoms with Gasteiger partial charge in [0.25, 0.3) is 0 Å². The zero-order chi connectivity index (χ0) is 12.1. The molecule has 0 fully saturated rings. The fraction of sp³-hybridized carbons (Fsp3) is 0.125. The summed E-state index contributed by atoms with van der Waals surface area (Å²) in [4.78, 5) is 0. The molecule has 2 N–H and O–H groups in total. The molecule has 86 valence electrons. The second-order valence-corrected chi connectivity index (χ2v) is 4.16. The van der Waals surface area contributed by atoms with Gasteiger partial charge in [-0.15, -0.1) is 0 Å². The first-order chi connectivity index (χ1) is 8.27. The zero-order valence-electron chi connectivity index (χ0n) is 10.1. The third kappa shape index (κ3) is 2.97. The molecule has 0 saturated carbocycles. The smallest absolute Gasteiger partial charge is 0.0390 e. The summed E-state index contributed by atoms with van der Waals surface area (Å²) in [5, 5.41) is 0. The second kappa shape index (κ2) is 5.35. The van der Waals surface area contributed by atoms with Gasteiger partial charge in [-0.2, -0.15) is 0 Å². The van der Waals surface area contributed by atoms with E-state index in [1.54, 1.807) is 0 Å². The highest BCUT2D eigenvalue weighted by molar-refractivity contribution is 5.73. The monoisotopic (exact) mass is 223 g/mol. The Morgan fingerprint density at radius 2 is 1.65 bits per heavy atom. The number of hydrogen-bond donors (Lipinski definition) is 1. The second-order valence-electron chi connectivity index (χ2n) is 4.16. The first-order valence-corrected chi connectivity index (χ1v) is 5.83. The molecule has 0 aliphatic carbocycles. The molecule has 0 radical (unpaired) electrons. The third-order valence-corrected chi connectivity index (χ3v) is 2.87. The van der Waals surface area contributed by atoms with Crippen molar-refractivity contribution in [1.82, 2.24) is 0 Å². The first kappa shape index (κ1) is 11.5. The third-order valence-electron chi connectivity index (χ3n) is 2.87. The predicted octanol–water partition coefficient (Wildman–Crippen LogP) is 3.91. The lowest BCUT2D eigenvalue weighted by Gasteiger charge is -2.05. The largest absolute Gasteiger partial charge is 0.398 e. The van der Waals surface area contributed by atoms with Gasteiger partial charge in [0.15, 0.2) is 0 Å². The van der Waals surface area contributed by atoms with Gasteiger partial charge in [-0.1, -0.05) is 54.6 Å². The Morgan fingerprint density at radius 1 is 1.00 bits per heavy atom. The van der Waals surface area contributed by atoms with Crippen molar-refractivity contribution in [2.45, 2.75) is 13.3 Å². The van der Waals surface area contributed by atoms with Crippen LogP contribution in [0.15, 0.2) is 60.7 Å². The van der Waals surface area contributed by atoms with Gasteiger partial charge in [-0.05, 0) is 36.1 Å². The Hall–Kier alpha value is -2.02. The van der Waals surface area contributed by atoms with Crippen molar-refractivity contribution < 1.29 is 0 Å². The SMILES string of the molecule is C/C(=C/Cc1ccccc1)c1ccccc1N. The normalized spacial score (nSPS) is 11.5. The summed E-state index contributed by atoms with van der Waals surface area (Å²) >= 11 is 0. The molecule has 17 heavy (non-hydrogen) atoms. The lowest BCUT2D eigenvalue weighted by Crippen LogP contribution is -1.91. The van der Waals surface area contributed by atoms with Gasteiger partial charge in [0.1, 0.15) is 0 Å². The summed E-state index contributed by atoms with van der Waals surface area (Å²) < 4.78 is 0. The van der Waals surface area contributed by atoms with E-state index in [1.165, 1.54) is 11.1 Å². The van der Waals surface area contributed by atoms with E-state index >= 15 is 0 Å². The average molecular weight is 223 g/mol. The van der Waals surface area contributed by atoms with E-state index in [9.17, 15) is 0 Å². The van der Waals surface area contributed by atoms with Gasteiger partial charge in [0.05, 0.1) is 0 Å². The molecule has 0 amide bonds. The van der Waals surface area contributed by atoms with Crippen LogP contribution in [0.25, 0.3) is 5.57 Å². The van der Waals surface area contributed by atoms with Crippen LogP contribution in [-0.4, -0.2) is 0 Å². The molecular formula is C16H17N. The van der Waals surface area contributed by atoms with Crippen molar-refractivity contribution in [2.75, 3.05) is 5.73 Å². The van der Waals surface area contributed by atoms with Crippen LogP contribution in [0.2, 0.25) is 0 Å². The quantitative estimate of drug-likeness (QED) is 0.784. The molecule has 1 heteroatoms. The van der Waals surface area contributed by atoms with Crippen LogP contribution in [-0.2, 0) is 6.42 Å². The number of nitrogen functional groups attached to an aromatic ring is 1. The molecule has 0 unspecified atom stereocenters. The van der Waals surface area contributed by atoms with Gasteiger partial charge < -0.3 is 5.73 Å². The van der Waals surface area contributed by atoms with Gasteiger partial charge >= 0.3 is 0 Å². The minimum absolute atomic E-state index is 0.842. The summed E-state index contributed by atoms with van der Waals surface area (Å²) in [5.74, 6) is 0. The highest BCUT2D eigenvalue weighted by Gasteiger charge is 1.99. The molecule has 1 nitrogen and oxygen atoms in total. The van der Waals surface area contributed by atoms with E-state index in [1.807, 2.05) is 24.3 Å². The Balaban J connectivity index is 2.16. The van der Waals surface area contributed by atoms with E-state index in [2.05, 4.69) is 43.3 Å². The fourth-order valence-electron chi connectivity index (χ4n) is 1.85. The van der Waals surface area contributed by atoms with Crippen molar-refractivity contribution in [1.29, 1.82) is 0 Å². The molecule has 0 aliphatic heterocycles. The highest BCUT2D eigenvalue weighted by atomic mass is 14.6. The molecule has 0 saturated heterocycles. The summed E-state index contributed by atoms with van der Waals surface area (Å²) in [6.07, 6.45) is 3.17. The van der Waals surface area contributed by atoms with E-state index in [0.29, 0.717) is 0 Å². The van der Waals surface area contributed by atoms with Crippen LogP contribution in [0, 0.1) is 0 Å². The van der Waals surface area contributed by atoms with Crippen molar-refractivity contribution in [3.05, 3.63) is 71.8 Å². The maximum Gasteiger partial charge on any atom is 0.0390 e. The highest BCUT2D eigenvalue weighted by Crippen LogP contribution is 2.20. The topological polar surface area (TPSA) is 26.0 Å². The van der Waals surface area contributed by atoms with E-state index in [-0.39, 0.29) is 0 Å². The van der Waals surface area contributed by atoms with E-state index in [0.717, 1.165) is 17.7 Å². The molecule has 2 aromatic rings. The van der Waals surface area contributed by atoms with Crippen LogP contribution in [0.4, 0.5) is 5.69 Å². The fourth-order valence-corrected chi connectivity index (χ4v) is 1.85. The van der Waals surface area contributed by atoms with Gasteiger partial charge in [0, 0.05) is 5.69 Å². The van der Waals surface area contributed by atoms with Crippen LogP contribution in [0.5, 0.6) is 0 Å². The van der Waals surface area contributed by atoms with Gasteiger partial charge in [-0.25, -0.2) is 0 Å². The summed E-state index contributed by atoms with van der Waals surface area (Å²) in [6, 6.07) is 18.4. The molecule has 0 bridgehead atoms. The number of nitrogens with two attached hydrogens (primary N) is 1. The van der Waals surface area contributed by atoms with Crippen molar-refractivity contribution >= 4 is 11.3 Å². The number of rotatable bonds is 3. The average Bonchev–Trinajstić information content (AvgIpc) is 2.38. The molecule has 0 spiro atoms. The Labute approximate surface area is 103 Å². The van der Waals surface area contributed by atoms with Crippen LogP contribution < -0.4 is 5.73 Å². The minimum atomic E-state index is 0.842. The molecule has 0 aromatic heterocycles. The summed E-state index contributed by atoms with van der Waals surface area (Å²) in [6.45, 7) is 2.11. The molecule has 0 atom stereocenters. The Morgan fingerprint density at radius 3 is 2.35 bits per heavy atom. The van der Waals surface area contributed by atoms with Gasteiger partial charge in [0.2, 0.25) is 0 Å². The number of hydrogen-bond acceptors (Lipinski definition) is 1. The van der Waals surface area contributed by atoms with Crippen molar-refractivity contribution in [3.8, 4) is 0 Å². The molecule has 0 aliphatic rings. The molecule has 2 aromatic carbocycles. The van der Waals surface area contributed by atoms with Crippen LogP contribution >= 0.6 is 0 Å². The van der Waals surface area contributed by atoms with Crippen molar-refractivity contribution in [3.63, 3.8) is 0 Å². The Bertz CT molecular complexity index is 512. The molecule has 0 heterocycles. The number of benzene rings is 2. The number of para-hydroxylation sites is 1. The lowest BCUT2D eigenvalue weighted by atomic mass is 10.0.